The van der Waals surface area contributed by atoms with E-state index < -0.39 is 83.2 Å². The number of hydrogen-bond acceptors (Lipinski definition) is 26. The van der Waals surface area contributed by atoms with Gasteiger partial charge in [-0.3, -0.25) is 56.1 Å². The minimum atomic E-state index is -1.12. The molecule has 0 aliphatic carbocycles. The molecule has 3 aliphatic heterocycles. The fourth-order valence-corrected chi connectivity index (χ4v) is 15.7. The molecule has 594 valence electrons. The van der Waals surface area contributed by atoms with E-state index in [0.29, 0.717) is 114 Å². The van der Waals surface area contributed by atoms with E-state index in [1.807, 2.05) is 98.3 Å². The van der Waals surface area contributed by atoms with Crippen molar-refractivity contribution in [2.75, 3.05) is 66.4 Å². The Balaban J connectivity index is 0.000000353. The van der Waals surface area contributed by atoms with Crippen molar-refractivity contribution in [3.8, 4) is 30.3 Å². The molecule has 0 spiro atoms. The van der Waals surface area contributed by atoms with Gasteiger partial charge in [0.05, 0.1) is 151 Å². The summed E-state index contributed by atoms with van der Waals surface area (Å²) in [5.41, 5.74) is -1.54. The summed E-state index contributed by atoms with van der Waals surface area (Å²) in [5.74, 6) is 0. The number of nitriles is 5. The number of hydrogen-bond donors (Lipinski definition) is 1. The Kier molecular flexibility index (Phi) is 44.9. The lowest BCUT2D eigenvalue weighted by Crippen LogP contribution is -2.40. The number of rotatable bonds is 35. The van der Waals surface area contributed by atoms with E-state index in [9.17, 15) is 38.4 Å². The first-order valence-electron chi connectivity index (χ1n) is 35.1. The SMILES string of the molecule is CCC(C)OP(C)OCCC#N.CCC(Cn1cc(C)c(=O)n(C)c1=O)OP(C)OCCC#N.CC[C@H]1O[C@@H](n2cc(C)c(=O)[nH]c2=O)CC1OP(C)OCCC#N.CC[C@H]1O[C@@H](n2cc(C)c(=O)n(C)c2=O)CC1OP(C)OCCC#N.CC[C@H]1O[C@@H](n2ccc(=O)n(C)c2=O)CC1OP(C)OCCC#N. The standard InChI is InChI=1S/C16H24N3O5P.2C15H22N3O5P.C14H22N3O4P.C8H16NO2P/c1-5-12-13(24-25(4)22-8-6-7-17)9-14(23-12)19-10-11(2)15(20)18(3)16(19)21;1-4-11-12(23-24(3)21-9-5-7-16)10-14(22-11)18-8-6-13(19)17(2)15(18)20;1-4-11-12(23-24(3)21-7-5-6-16)8-13(22-11)18-9-10(2)14(19)17-15(18)20;1-5-12(21-22(4)20-8-6-7-15)10-17-9-11(2)13(18)16(3)14(17)19;1-4-8(2)11-12(3)10-7-5-6-9/h10,12-14H,5-6,8-9H2,1-4H3;6,8,11-12,14H,4-5,9-10H2,1-3H3;9,11-13H,4-5,7-8H2,1-3H3,(H,17,19,20);9,12H,5-6,8,10H2,1-4H3;8H,4-5,7H2,1-3H3/t12-,13?,14-,25?;11-,12?,14-,24?;11-,12?,13-,24?;;/m111../s1. The van der Waals surface area contributed by atoms with Crippen molar-refractivity contribution >= 4 is 41.9 Å². The van der Waals surface area contributed by atoms with Crippen LogP contribution in [0, 0.1) is 77.4 Å². The Morgan fingerprint density at radius 3 is 1.25 bits per heavy atom. The molecule has 4 aromatic heterocycles. The molecule has 7 rings (SSSR count). The minimum Gasteiger partial charge on any atom is -0.352 e. The lowest BCUT2D eigenvalue weighted by Gasteiger charge is -2.21. The highest BCUT2D eigenvalue weighted by atomic mass is 31.2. The van der Waals surface area contributed by atoms with Crippen molar-refractivity contribution in [2.45, 2.75) is 220 Å². The molecule has 16 atom stereocenters. The van der Waals surface area contributed by atoms with Gasteiger partial charge in [0.2, 0.25) is 0 Å². The molecular weight excluding hydrogens is 1490 g/mol. The normalized spacial score (nSPS) is 21.2. The molecule has 0 amide bonds. The zero-order chi connectivity index (χ0) is 80.0. The third-order valence-electron chi connectivity index (χ3n) is 16.4. The van der Waals surface area contributed by atoms with Crippen LogP contribution in [0.2, 0.25) is 0 Å². The summed E-state index contributed by atoms with van der Waals surface area (Å²) in [6.45, 7) is 28.5. The predicted octanol–water partition coefficient (Wildman–Crippen LogP) is 9.31. The number of nitrogens with zero attached hydrogens (tertiary/aromatic N) is 12. The zero-order valence-corrected chi connectivity index (χ0v) is 68.8. The Labute approximate surface area is 630 Å². The number of H-pyrrole nitrogens is 1. The lowest BCUT2D eigenvalue weighted by molar-refractivity contribution is -0.0188. The van der Waals surface area contributed by atoms with Crippen LogP contribution in [0.15, 0.2) is 69.2 Å². The minimum absolute atomic E-state index is 0.149. The molecule has 0 radical (unpaired) electrons. The quantitative estimate of drug-likeness (QED) is 0.0331. The smallest absolute Gasteiger partial charge is 0.332 e. The van der Waals surface area contributed by atoms with E-state index in [2.05, 4.69) is 11.9 Å². The van der Waals surface area contributed by atoms with E-state index in [1.165, 1.54) is 57.9 Å². The van der Waals surface area contributed by atoms with Gasteiger partial charge in [0.1, 0.15) is 18.7 Å². The summed E-state index contributed by atoms with van der Waals surface area (Å²) in [4.78, 5) is 97.6. The molecule has 1 N–H and O–H groups in total. The highest BCUT2D eigenvalue weighted by Gasteiger charge is 2.41. The van der Waals surface area contributed by atoms with Crippen LogP contribution in [-0.2, 0) is 87.1 Å². The van der Waals surface area contributed by atoms with Gasteiger partial charge >= 0.3 is 22.8 Å². The monoisotopic (exact) mass is 1600 g/mol. The predicted molar refractivity (Wildman–Crippen MR) is 406 cm³/mol. The van der Waals surface area contributed by atoms with Gasteiger partial charge in [-0.05, 0) is 59.8 Å². The summed E-state index contributed by atoms with van der Waals surface area (Å²) < 4.78 is 83.1. The van der Waals surface area contributed by atoms with Crippen LogP contribution in [0.4, 0.5) is 0 Å². The van der Waals surface area contributed by atoms with E-state index >= 15 is 0 Å². The van der Waals surface area contributed by atoms with E-state index in [-0.39, 0.29) is 71.2 Å². The fourth-order valence-electron chi connectivity index (χ4n) is 10.5. The number of aryl methyl sites for hydroxylation is 3. The number of aromatic nitrogens is 8. The molecule has 3 aliphatic rings. The molecule has 3 fully saturated rings. The van der Waals surface area contributed by atoms with Gasteiger partial charge in [0.25, 0.3) is 22.2 Å². The molecular formula is C68H106N13O21P5. The van der Waals surface area contributed by atoms with Gasteiger partial charge in [-0.15, -0.1) is 0 Å². The summed E-state index contributed by atoms with van der Waals surface area (Å²) in [6.07, 6.45) is 10.8. The van der Waals surface area contributed by atoms with Crippen LogP contribution in [0.1, 0.15) is 160 Å². The Morgan fingerprint density at radius 2 is 0.850 bits per heavy atom. The van der Waals surface area contributed by atoms with Crippen molar-refractivity contribution in [3.05, 3.63) is 131 Å². The van der Waals surface area contributed by atoms with Crippen LogP contribution < -0.4 is 45.0 Å². The summed E-state index contributed by atoms with van der Waals surface area (Å²) in [5, 5.41) is 42.3. The molecule has 0 aromatic carbocycles. The maximum Gasteiger partial charge on any atom is 0.332 e. The highest BCUT2D eigenvalue weighted by molar-refractivity contribution is 7.47. The number of nitrogens with one attached hydrogen (secondary N) is 1. The molecule has 0 bridgehead atoms. The average molecular weight is 1600 g/mol. The average Bonchev–Trinajstić information content (AvgIpc) is 1.74. The molecule has 4 aromatic rings. The van der Waals surface area contributed by atoms with Gasteiger partial charge in [-0.25, -0.2) is 19.2 Å². The Morgan fingerprint density at radius 1 is 0.486 bits per heavy atom. The summed E-state index contributed by atoms with van der Waals surface area (Å²) >= 11 is 0. The molecule has 0 saturated carbocycles. The maximum absolute atomic E-state index is 12.4. The first-order chi connectivity index (χ1) is 50.9. The van der Waals surface area contributed by atoms with Crippen molar-refractivity contribution < 1.29 is 59.4 Å². The van der Waals surface area contributed by atoms with E-state index in [4.69, 9.17) is 85.8 Å². The molecule has 10 unspecified atom stereocenters. The highest BCUT2D eigenvalue weighted by Crippen LogP contribution is 2.45. The van der Waals surface area contributed by atoms with Crippen LogP contribution in [-0.4, -0.2) is 152 Å². The van der Waals surface area contributed by atoms with Crippen LogP contribution >= 0.6 is 41.9 Å². The first kappa shape index (κ1) is 95.0. The van der Waals surface area contributed by atoms with Crippen LogP contribution in [0.5, 0.6) is 0 Å². The third-order valence-corrected chi connectivity index (χ3v) is 22.1. The third kappa shape index (κ3) is 31.6. The topological polar surface area (TPSA) is 426 Å². The molecule has 39 heteroatoms. The second kappa shape index (κ2) is 50.6. The largest absolute Gasteiger partial charge is 0.352 e. The van der Waals surface area contributed by atoms with Crippen molar-refractivity contribution in [3.63, 3.8) is 0 Å². The summed E-state index contributed by atoms with van der Waals surface area (Å²) in [7, 11) is -0.879. The molecule has 107 heavy (non-hydrogen) atoms. The fraction of sp³-hybridized carbons (Fsp3) is 0.691. The van der Waals surface area contributed by atoms with Gasteiger partial charge in [-0.2, -0.15) is 26.3 Å². The number of ether oxygens (including phenoxy) is 3. The van der Waals surface area contributed by atoms with Crippen LogP contribution in [0.25, 0.3) is 0 Å². The maximum atomic E-state index is 12.4. The molecule has 3 saturated heterocycles. The lowest BCUT2D eigenvalue weighted by atomic mass is 10.1. The number of aromatic amines is 1. The molecule has 7 heterocycles. The second-order valence-corrected chi connectivity index (χ2v) is 31.2. The van der Waals surface area contributed by atoms with E-state index in [1.54, 1.807) is 33.2 Å². The Hall–Kier alpha value is -6.20. The van der Waals surface area contributed by atoms with Gasteiger partial charge in [0.15, 0.2) is 41.9 Å². The van der Waals surface area contributed by atoms with Crippen molar-refractivity contribution in [1.29, 1.82) is 26.3 Å². The Bertz CT molecular complexity index is 4060. The second-order valence-electron chi connectivity index (χ2n) is 24.5. The van der Waals surface area contributed by atoms with Crippen molar-refractivity contribution in [1.82, 2.24) is 37.0 Å². The van der Waals surface area contributed by atoms with Gasteiger partial charge in [0, 0.05) is 121 Å². The van der Waals surface area contributed by atoms with Gasteiger partial charge < -0.3 is 59.4 Å². The van der Waals surface area contributed by atoms with E-state index in [0.717, 1.165) is 39.4 Å². The van der Waals surface area contributed by atoms with Crippen molar-refractivity contribution in [2.24, 2.45) is 21.1 Å². The molecule has 34 nitrogen and oxygen atoms in total. The van der Waals surface area contributed by atoms with Crippen LogP contribution in [0.3, 0.4) is 0 Å². The first-order valence-corrected chi connectivity index (χ1v) is 43.2. The van der Waals surface area contributed by atoms with Gasteiger partial charge in [-0.1, -0.05) is 34.6 Å². The summed E-state index contributed by atoms with van der Waals surface area (Å²) in [6, 6.07) is 11.4. The zero-order valence-electron chi connectivity index (χ0n) is 64.3.